The molecule has 0 saturated carbocycles. The highest BCUT2D eigenvalue weighted by molar-refractivity contribution is 5.91. The van der Waals surface area contributed by atoms with Gasteiger partial charge in [-0.1, -0.05) is 18.2 Å². The van der Waals surface area contributed by atoms with Crippen molar-refractivity contribution in [3.8, 4) is 5.82 Å². The maximum atomic E-state index is 12.2. The summed E-state index contributed by atoms with van der Waals surface area (Å²) in [5.74, 6) is 1.17. The Morgan fingerprint density at radius 2 is 2.12 bits per heavy atom. The van der Waals surface area contributed by atoms with Gasteiger partial charge in [-0.25, -0.2) is 9.67 Å². The summed E-state index contributed by atoms with van der Waals surface area (Å²) < 4.78 is 7.03. The highest BCUT2D eigenvalue weighted by atomic mass is 16.3. The lowest BCUT2D eigenvalue weighted by atomic mass is 9.96. The molecule has 0 fully saturated rings. The number of carbonyl (C=O) groups is 1. The van der Waals surface area contributed by atoms with Gasteiger partial charge in [-0.15, -0.1) is 0 Å². The number of nitrogens with zero attached hydrogens (tertiary/aromatic N) is 3. The van der Waals surface area contributed by atoms with E-state index >= 15 is 0 Å². The first-order valence-electron chi connectivity index (χ1n) is 8.63. The van der Waals surface area contributed by atoms with Crippen molar-refractivity contribution in [1.29, 1.82) is 0 Å². The first-order valence-corrected chi connectivity index (χ1v) is 8.63. The van der Waals surface area contributed by atoms with Gasteiger partial charge in [0.1, 0.15) is 0 Å². The molecule has 0 unspecified atom stereocenters. The van der Waals surface area contributed by atoms with Crippen LogP contribution in [0.1, 0.15) is 39.8 Å². The highest BCUT2D eigenvalue weighted by Crippen LogP contribution is 2.33. The molecule has 0 aromatic carbocycles. The first kappa shape index (κ1) is 16.3. The van der Waals surface area contributed by atoms with Gasteiger partial charge < -0.3 is 9.73 Å². The van der Waals surface area contributed by atoms with Gasteiger partial charge in [-0.2, -0.15) is 5.10 Å². The number of pyridine rings is 1. The van der Waals surface area contributed by atoms with Crippen molar-refractivity contribution in [2.24, 2.45) is 0 Å². The van der Waals surface area contributed by atoms with Gasteiger partial charge in [0.2, 0.25) is 0 Å². The van der Waals surface area contributed by atoms with Crippen LogP contribution in [0.2, 0.25) is 0 Å². The molecule has 6 heteroatoms. The second kappa shape index (κ2) is 6.63. The van der Waals surface area contributed by atoms with Crippen molar-refractivity contribution in [1.82, 2.24) is 20.1 Å². The van der Waals surface area contributed by atoms with Gasteiger partial charge >= 0.3 is 0 Å². The Kier molecular flexibility index (Phi) is 4.16. The minimum Gasteiger partial charge on any atom is -0.459 e. The van der Waals surface area contributed by atoms with Gasteiger partial charge in [-0.3, -0.25) is 4.79 Å². The van der Waals surface area contributed by atoms with E-state index in [1.54, 1.807) is 18.3 Å². The Morgan fingerprint density at radius 1 is 1.23 bits per heavy atom. The van der Waals surface area contributed by atoms with E-state index in [-0.39, 0.29) is 17.9 Å². The van der Waals surface area contributed by atoms with E-state index < -0.39 is 0 Å². The number of allylic oxidation sites excluding steroid dienone is 1. The number of aryl methyl sites for hydroxylation is 1. The number of rotatable bonds is 4. The minimum absolute atomic E-state index is 0.0189. The Labute approximate surface area is 151 Å². The summed E-state index contributed by atoms with van der Waals surface area (Å²) in [4.78, 5) is 16.6. The van der Waals surface area contributed by atoms with Gasteiger partial charge in [0.15, 0.2) is 11.6 Å². The van der Waals surface area contributed by atoms with Crippen LogP contribution in [0.4, 0.5) is 0 Å². The SMILES string of the molecule is Cc1nn(-c2ccccn2)c(C)c1[C@@H]1C=C[C@@H](NC(=O)c2ccco2)C1. The maximum absolute atomic E-state index is 12.2. The molecule has 0 saturated heterocycles. The summed E-state index contributed by atoms with van der Waals surface area (Å²) in [6, 6.07) is 9.14. The van der Waals surface area contributed by atoms with E-state index in [1.165, 1.54) is 11.8 Å². The normalized spacial score (nSPS) is 19.0. The van der Waals surface area contributed by atoms with Crippen molar-refractivity contribution in [2.45, 2.75) is 32.2 Å². The molecular weight excluding hydrogens is 328 g/mol. The predicted octanol–water partition coefficient (Wildman–Crippen LogP) is 3.32. The molecule has 26 heavy (non-hydrogen) atoms. The van der Waals surface area contributed by atoms with Crippen LogP contribution in [-0.2, 0) is 0 Å². The zero-order valence-electron chi connectivity index (χ0n) is 14.7. The van der Waals surface area contributed by atoms with Crippen LogP contribution in [-0.4, -0.2) is 26.7 Å². The van der Waals surface area contributed by atoms with Crippen molar-refractivity contribution in [2.75, 3.05) is 0 Å². The molecule has 3 heterocycles. The lowest BCUT2D eigenvalue weighted by Crippen LogP contribution is -2.32. The van der Waals surface area contributed by atoms with Crippen molar-refractivity contribution >= 4 is 5.91 Å². The molecule has 0 spiro atoms. The molecule has 1 aliphatic rings. The van der Waals surface area contributed by atoms with E-state index in [9.17, 15) is 4.79 Å². The number of aromatic nitrogens is 3. The quantitative estimate of drug-likeness (QED) is 0.734. The fourth-order valence-electron chi connectivity index (χ4n) is 3.56. The number of hydrogen-bond acceptors (Lipinski definition) is 4. The molecule has 132 valence electrons. The van der Waals surface area contributed by atoms with Gasteiger partial charge in [-0.05, 0) is 44.5 Å². The molecule has 1 N–H and O–H groups in total. The summed E-state index contributed by atoms with van der Waals surface area (Å²) in [5, 5.41) is 7.67. The number of carbonyl (C=O) groups excluding carboxylic acids is 1. The molecule has 2 atom stereocenters. The van der Waals surface area contributed by atoms with E-state index in [2.05, 4.69) is 28.4 Å². The number of nitrogens with one attached hydrogen (secondary N) is 1. The monoisotopic (exact) mass is 348 g/mol. The molecule has 6 nitrogen and oxygen atoms in total. The first-order chi connectivity index (χ1) is 12.6. The fraction of sp³-hybridized carbons (Fsp3) is 0.250. The molecule has 3 aromatic rings. The third-order valence-electron chi connectivity index (χ3n) is 4.73. The van der Waals surface area contributed by atoms with E-state index in [1.807, 2.05) is 35.9 Å². The predicted molar refractivity (Wildman–Crippen MR) is 97.3 cm³/mol. The summed E-state index contributed by atoms with van der Waals surface area (Å²) in [5.41, 5.74) is 3.26. The third-order valence-corrected chi connectivity index (χ3v) is 4.73. The highest BCUT2D eigenvalue weighted by Gasteiger charge is 2.27. The van der Waals surface area contributed by atoms with Crippen molar-refractivity contribution < 1.29 is 9.21 Å². The summed E-state index contributed by atoms with van der Waals surface area (Å²) in [6.07, 6.45) is 8.26. The molecule has 4 rings (SSSR count). The van der Waals surface area contributed by atoms with Crippen molar-refractivity contribution in [3.05, 3.63) is 77.7 Å². The Morgan fingerprint density at radius 3 is 2.85 bits per heavy atom. The van der Waals surface area contributed by atoms with Crippen LogP contribution in [0.3, 0.4) is 0 Å². The zero-order valence-corrected chi connectivity index (χ0v) is 14.7. The smallest absolute Gasteiger partial charge is 0.287 e. The zero-order chi connectivity index (χ0) is 18.1. The summed E-state index contributed by atoms with van der Waals surface area (Å²) >= 11 is 0. The van der Waals surface area contributed by atoms with Gasteiger partial charge in [0.25, 0.3) is 5.91 Å². The van der Waals surface area contributed by atoms with Crippen LogP contribution >= 0.6 is 0 Å². The van der Waals surface area contributed by atoms with Gasteiger partial charge in [0, 0.05) is 29.4 Å². The fourth-order valence-corrected chi connectivity index (χ4v) is 3.56. The summed E-state index contributed by atoms with van der Waals surface area (Å²) in [6.45, 7) is 4.08. The van der Waals surface area contributed by atoms with E-state index in [0.717, 1.165) is 23.6 Å². The minimum atomic E-state index is -0.192. The van der Waals surface area contributed by atoms with Crippen LogP contribution in [0.15, 0.2) is 59.4 Å². The number of furan rings is 1. The average molecular weight is 348 g/mol. The van der Waals surface area contributed by atoms with Crippen LogP contribution in [0.5, 0.6) is 0 Å². The Hall–Kier alpha value is -3.15. The van der Waals surface area contributed by atoms with E-state index in [0.29, 0.717) is 5.76 Å². The van der Waals surface area contributed by atoms with Crippen LogP contribution in [0, 0.1) is 13.8 Å². The topological polar surface area (TPSA) is 73.0 Å². The lowest BCUT2D eigenvalue weighted by Gasteiger charge is -2.14. The molecule has 0 aliphatic heterocycles. The average Bonchev–Trinajstić information content (AvgIpc) is 3.37. The van der Waals surface area contributed by atoms with Gasteiger partial charge in [0.05, 0.1) is 12.0 Å². The largest absolute Gasteiger partial charge is 0.459 e. The standard InChI is InChI=1S/C20H20N4O2/c1-13-19(14(2)24(23-13)18-7-3-4-10-21-18)15-8-9-16(12-15)22-20(25)17-6-5-11-26-17/h3-11,15-16H,12H2,1-2H3,(H,22,25)/t15-,16-/m1/s1. The molecule has 1 aliphatic carbocycles. The molecule has 0 bridgehead atoms. The molecule has 0 radical (unpaired) electrons. The molecular formula is C20H20N4O2. The second-order valence-corrected chi connectivity index (χ2v) is 6.47. The Bertz CT molecular complexity index is 942. The van der Waals surface area contributed by atoms with E-state index in [4.69, 9.17) is 4.42 Å². The van der Waals surface area contributed by atoms with Crippen LogP contribution in [0.25, 0.3) is 5.82 Å². The second-order valence-electron chi connectivity index (χ2n) is 6.47. The number of hydrogen-bond donors (Lipinski definition) is 1. The maximum Gasteiger partial charge on any atom is 0.287 e. The molecule has 1 amide bonds. The summed E-state index contributed by atoms with van der Waals surface area (Å²) in [7, 11) is 0. The molecule has 3 aromatic heterocycles. The number of amides is 1. The Balaban J connectivity index is 1.52. The van der Waals surface area contributed by atoms with Crippen LogP contribution < -0.4 is 5.32 Å². The third kappa shape index (κ3) is 2.94. The van der Waals surface area contributed by atoms with Crippen molar-refractivity contribution in [3.63, 3.8) is 0 Å². The lowest BCUT2D eigenvalue weighted by molar-refractivity contribution is 0.0916.